The van der Waals surface area contributed by atoms with E-state index in [0.717, 1.165) is 12.8 Å². The van der Waals surface area contributed by atoms with Crippen LogP contribution in [0.3, 0.4) is 0 Å². The summed E-state index contributed by atoms with van der Waals surface area (Å²) >= 11 is 0. The fourth-order valence-corrected chi connectivity index (χ4v) is 3.19. The molecule has 0 fully saturated rings. The van der Waals surface area contributed by atoms with E-state index in [1.165, 1.54) is 38.9 Å². The number of hydrogen-bond acceptors (Lipinski definition) is 0. The summed E-state index contributed by atoms with van der Waals surface area (Å²) < 4.78 is 0. The highest BCUT2D eigenvalue weighted by Gasteiger charge is 2.09. The second kappa shape index (κ2) is 6.83. The van der Waals surface area contributed by atoms with Crippen LogP contribution >= 0.6 is 0 Å². The highest BCUT2D eigenvalue weighted by molar-refractivity contribution is 5.43. The summed E-state index contributed by atoms with van der Waals surface area (Å²) in [7, 11) is 0. The van der Waals surface area contributed by atoms with Crippen LogP contribution in [0.5, 0.6) is 0 Å². The normalized spacial score (nSPS) is 10.7. The van der Waals surface area contributed by atoms with Crippen LogP contribution in [0.4, 0.5) is 0 Å². The first kappa shape index (κ1) is 15.6. The highest BCUT2D eigenvalue weighted by Crippen LogP contribution is 2.23. The van der Waals surface area contributed by atoms with Crippen molar-refractivity contribution in [2.75, 3.05) is 0 Å². The van der Waals surface area contributed by atoms with E-state index >= 15 is 0 Å². The van der Waals surface area contributed by atoms with Crippen molar-refractivity contribution in [3.63, 3.8) is 0 Å². The van der Waals surface area contributed by atoms with Gasteiger partial charge in [0.1, 0.15) is 0 Å². The van der Waals surface area contributed by atoms with Gasteiger partial charge in [-0.15, -0.1) is 0 Å². The molecular weight excluding hydrogens is 276 g/mol. The van der Waals surface area contributed by atoms with E-state index in [1.54, 1.807) is 0 Å². The largest absolute Gasteiger partial charge is 0.0620 e. The smallest absolute Gasteiger partial charge is 0.00177 e. The van der Waals surface area contributed by atoms with Gasteiger partial charge in [-0.3, -0.25) is 0 Å². The van der Waals surface area contributed by atoms with Crippen LogP contribution in [0, 0.1) is 20.8 Å². The van der Waals surface area contributed by atoms with Gasteiger partial charge in [-0.2, -0.15) is 0 Å². The lowest BCUT2D eigenvalue weighted by Gasteiger charge is -2.15. The first-order valence-corrected chi connectivity index (χ1v) is 8.31. The Hall–Kier alpha value is -2.34. The van der Waals surface area contributed by atoms with Crippen molar-refractivity contribution in [3.05, 3.63) is 106 Å². The Balaban J connectivity index is 1.97. The maximum atomic E-state index is 2.28. The Labute approximate surface area is 139 Å². The molecule has 0 atom stereocenters. The summed E-state index contributed by atoms with van der Waals surface area (Å²) in [6.07, 6.45) is 2.02. The minimum atomic E-state index is 1.01. The Morgan fingerprint density at radius 2 is 0.957 bits per heavy atom. The SMILES string of the molecule is Cc1ccccc1Cc1cccc(C)c1Cc1ccccc1C. The molecule has 3 aromatic rings. The first-order chi connectivity index (χ1) is 11.1. The summed E-state index contributed by atoms with van der Waals surface area (Å²) in [6.45, 7) is 6.63. The molecule has 0 saturated carbocycles. The van der Waals surface area contributed by atoms with Crippen LogP contribution in [0.1, 0.15) is 38.9 Å². The quantitative estimate of drug-likeness (QED) is 0.572. The van der Waals surface area contributed by atoms with Crippen LogP contribution in [-0.4, -0.2) is 0 Å². The molecule has 3 aromatic carbocycles. The Kier molecular flexibility index (Phi) is 4.62. The van der Waals surface area contributed by atoms with E-state index in [2.05, 4.69) is 87.5 Å². The van der Waals surface area contributed by atoms with Crippen molar-refractivity contribution in [2.24, 2.45) is 0 Å². The molecule has 0 N–H and O–H groups in total. The second-order valence-electron chi connectivity index (χ2n) is 6.42. The van der Waals surface area contributed by atoms with Gasteiger partial charge in [0.25, 0.3) is 0 Å². The number of aryl methyl sites for hydroxylation is 3. The lowest BCUT2D eigenvalue weighted by Crippen LogP contribution is -2.02. The summed E-state index contributed by atoms with van der Waals surface area (Å²) in [5.74, 6) is 0. The molecule has 0 aromatic heterocycles. The van der Waals surface area contributed by atoms with Crippen LogP contribution in [0.25, 0.3) is 0 Å². The minimum absolute atomic E-state index is 1.01. The van der Waals surface area contributed by atoms with Crippen LogP contribution < -0.4 is 0 Å². The van der Waals surface area contributed by atoms with E-state index in [9.17, 15) is 0 Å². The van der Waals surface area contributed by atoms with Gasteiger partial charge in [0.15, 0.2) is 0 Å². The third-order valence-electron chi connectivity index (χ3n) is 4.78. The summed E-state index contributed by atoms with van der Waals surface area (Å²) in [5, 5.41) is 0. The molecule has 0 spiro atoms. The Morgan fingerprint density at radius 3 is 1.57 bits per heavy atom. The van der Waals surface area contributed by atoms with Crippen LogP contribution in [0.2, 0.25) is 0 Å². The van der Waals surface area contributed by atoms with Gasteiger partial charge in [0.05, 0.1) is 0 Å². The van der Waals surface area contributed by atoms with E-state index in [-0.39, 0.29) is 0 Å². The molecule has 0 aliphatic rings. The maximum absolute atomic E-state index is 2.28. The van der Waals surface area contributed by atoms with Crippen molar-refractivity contribution in [2.45, 2.75) is 33.6 Å². The van der Waals surface area contributed by atoms with Gasteiger partial charge in [0.2, 0.25) is 0 Å². The van der Waals surface area contributed by atoms with Gasteiger partial charge in [-0.1, -0.05) is 66.7 Å². The number of benzene rings is 3. The van der Waals surface area contributed by atoms with Gasteiger partial charge in [-0.25, -0.2) is 0 Å². The minimum Gasteiger partial charge on any atom is -0.0620 e. The number of rotatable bonds is 4. The lowest BCUT2D eigenvalue weighted by molar-refractivity contribution is 1.05. The standard InChI is InChI=1S/C23H24/c1-17-9-4-6-12-20(17)15-22-14-8-11-19(3)23(22)16-21-13-7-5-10-18(21)2/h4-14H,15-16H2,1-3H3. The molecular formula is C23H24. The molecule has 0 amide bonds. The van der Waals surface area contributed by atoms with Gasteiger partial charge in [0, 0.05) is 0 Å². The van der Waals surface area contributed by atoms with Crippen molar-refractivity contribution < 1.29 is 0 Å². The van der Waals surface area contributed by atoms with E-state index < -0.39 is 0 Å². The highest BCUT2D eigenvalue weighted by atomic mass is 14.1. The fraction of sp³-hybridized carbons (Fsp3) is 0.217. The van der Waals surface area contributed by atoms with E-state index in [4.69, 9.17) is 0 Å². The maximum Gasteiger partial charge on any atom is -0.00177 e. The topological polar surface area (TPSA) is 0 Å². The van der Waals surface area contributed by atoms with E-state index in [0.29, 0.717) is 0 Å². The summed E-state index contributed by atoms with van der Waals surface area (Å²) in [5.41, 5.74) is 9.90. The summed E-state index contributed by atoms with van der Waals surface area (Å²) in [4.78, 5) is 0. The van der Waals surface area contributed by atoms with Crippen LogP contribution in [-0.2, 0) is 12.8 Å². The van der Waals surface area contributed by atoms with Crippen LogP contribution in [0.15, 0.2) is 66.7 Å². The zero-order chi connectivity index (χ0) is 16.2. The molecule has 0 unspecified atom stereocenters. The predicted octanol–water partition coefficient (Wildman–Crippen LogP) is 5.79. The Morgan fingerprint density at radius 1 is 0.478 bits per heavy atom. The monoisotopic (exact) mass is 300 g/mol. The molecule has 0 saturated heterocycles. The fourth-order valence-electron chi connectivity index (χ4n) is 3.19. The second-order valence-corrected chi connectivity index (χ2v) is 6.42. The van der Waals surface area contributed by atoms with Gasteiger partial charge in [-0.05, 0) is 72.6 Å². The van der Waals surface area contributed by atoms with Gasteiger partial charge >= 0.3 is 0 Å². The zero-order valence-corrected chi connectivity index (χ0v) is 14.3. The molecule has 0 nitrogen and oxygen atoms in total. The predicted molar refractivity (Wildman–Crippen MR) is 99.1 cm³/mol. The molecule has 0 aliphatic carbocycles. The molecule has 3 rings (SSSR count). The number of hydrogen-bond donors (Lipinski definition) is 0. The molecule has 0 aliphatic heterocycles. The summed E-state index contributed by atoms with van der Waals surface area (Å²) in [6, 6.07) is 24.1. The Bertz CT molecular complexity index is 812. The zero-order valence-electron chi connectivity index (χ0n) is 14.3. The molecule has 0 heterocycles. The average Bonchev–Trinajstić information content (AvgIpc) is 2.54. The van der Waals surface area contributed by atoms with E-state index in [1.807, 2.05) is 0 Å². The third-order valence-corrected chi connectivity index (χ3v) is 4.78. The lowest BCUT2D eigenvalue weighted by atomic mass is 9.90. The van der Waals surface area contributed by atoms with Crippen molar-refractivity contribution in [1.82, 2.24) is 0 Å². The van der Waals surface area contributed by atoms with Crippen molar-refractivity contribution >= 4 is 0 Å². The van der Waals surface area contributed by atoms with Crippen molar-refractivity contribution in [3.8, 4) is 0 Å². The first-order valence-electron chi connectivity index (χ1n) is 8.31. The molecule has 0 radical (unpaired) electrons. The molecule has 23 heavy (non-hydrogen) atoms. The third kappa shape index (κ3) is 3.53. The molecule has 0 heteroatoms. The van der Waals surface area contributed by atoms with Crippen molar-refractivity contribution in [1.29, 1.82) is 0 Å². The van der Waals surface area contributed by atoms with Gasteiger partial charge < -0.3 is 0 Å². The molecule has 116 valence electrons. The average molecular weight is 300 g/mol. The molecule has 0 bridgehead atoms.